The molecule has 0 atom stereocenters. The van der Waals surface area contributed by atoms with Gasteiger partial charge >= 0.3 is 0 Å². The zero-order chi connectivity index (χ0) is 22.0. The van der Waals surface area contributed by atoms with Gasteiger partial charge in [-0.05, 0) is 32.0 Å². The summed E-state index contributed by atoms with van der Waals surface area (Å²) in [6.45, 7) is 3.13. The predicted octanol–water partition coefficient (Wildman–Crippen LogP) is 1.95. The van der Waals surface area contributed by atoms with Gasteiger partial charge in [0.2, 0.25) is 0 Å². The molecule has 4 N–H and O–H groups in total. The first-order chi connectivity index (χ1) is 14.2. The topological polar surface area (TPSA) is 163 Å². The van der Waals surface area contributed by atoms with Crippen molar-refractivity contribution in [1.82, 2.24) is 15.2 Å². The molecule has 2 aromatic carbocycles. The van der Waals surface area contributed by atoms with Gasteiger partial charge in [0.15, 0.2) is 0 Å². The van der Waals surface area contributed by atoms with Crippen molar-refractivity contribution in [3.05, 3.63) is 79.8 Å². The Labute approximate surface area is 169 Å². The maximum absolute atomic E-state index is 12.8. The molecule has 0 aliphatic heterocycles. The highest BCUT2D eigenvalue weighted by atomic mass is 16.6. The number of carbonyl (C=O) groups excluding carboxylic acids is 1. The molecule has 0 unspecified atom stereocenters. The van der Waals surface area contributed by atoms with Crippen LogP contribution < -0.4 is 11.0 Å². The van der Waals surface area contributed by atoms with Crippen molar-refractivity contribution in [2.75, 3.05) is 0 Å². The lowest BCUT2D eigenvalue weighted by molar-refractivity contribution is -0.384. The molecule has 154 valence electrons. The lowest BCUT2D eigenvalue weighted by Crippen LogP contribution is -2.23. The van der Waals surface area contributed by atoms with E-state index in [1.807, 2.05) is 0 Å². The smallest absolute Gasteiger partial charge is 0.280 e. The molecule has 1 heterocycles. The minimum absolute atomic E-state index is 0.107. The van der Waals surface area contributed by atoms with E-state index in [9.17, 15) is 29.9 Å². The van der Waals surface area contributed by atoms with Crippen molar-refractivity contribution in [2.45, 2.75) is 13.8 Å². The van der Waals surface area contributed by atoms with Crippen LogP contribution in [0.3, 0.4) is 0 Å². The van der Waals surface area contributed by atoms with Gasteiger partial charge in [0.25, 0.3) is 17.2 Å². The van der Waals surface area contributed by atoms with Gasteiger partial charge < -0.3 is 10.2 Å². The summed E-state index contributed by atoms with van der Waals surface area (Å²) >= 11 is 0. The highest BCUT2D eigenvalue weighted by Crippen LogP contribution is 2.22. The maximum atomic E-state index is 12.8. The number of benzene rings is 2. The van der Waals surface area contributed by atoms with E-state index in [2.05, 4.69) is 15.6 Å². The molecular weight excluding hydrogens is 394 g/mol. The number of rotatable bonds is 5. The first kappa shape index (κ1) is 20.3. The summed E-state index contributed by atoms with van der Waals surface area (Å²) in [6.07, 6.45) is 0. The molecule has 0 bridgehead atoms. The van der Waals surface area contributed by atoms with E-state index in [1.165, 1.54) is 43.3 Å². The monoisotopic (exact) mass is 411 g/mol. The number of nitrogens with zero attached hydrogens (tertiary/aromatic N) is 3. The number of amides is 1. The highest BCUT2D eigenvalue weighted by Gasteiger charge is 2.18. The van der Waals surface area contributed by atoms with E-state index in [0.29, 0.717) is 5.69 Å². The number of nitro benzene ring substituents is 1. The normalized spacial score (nSPS) is 11.3. The number of phenolic OH excluding ortho intramolecular Hbond substituents is 2. The molecule has 0 fully saturated rings. The molecular formula is C19H17N5O6. The zero-order valence-electron chi connectivity index (χ0n) is 15.9. The summed E-state index contributed by atoms with van der Waals surface area (Å²) in [5.74, 6) is -1.36. The summed E-state index contributed by atoms with van der Waals surface area (Å²) in [5.41, 5.74) is 2.54. The second kappa shape index (κ2) is 7.91. The lowest BCUT2D eigenvalue weighted by atomic mass is 10.2. The Morgan fingerprint density at radius 3 is 2.63 bits per heavy atom. The van der Waals surface area contributed by atoms with Crippen molar-refractivity contribution in [1.29, 1.82) is 0 Å². The number of carbonyl (C=O) groups is 1. The second-order valence-electron chi connectivity index (χ2n) is 6.37. The van der Waals surface area contributed by atoms with Crippen molar-refractivity contribution >= 4 is 17.3 Å². The standard InChI is InChI=1S/C19H17N5O6/c1-10(20-21-18(27)15-7-6-14(25)9-16(15)26)17-11(2)22-23(19(17)28)12-4-3-5-13(8-12)24(29)30/h3-9,22,25-26H,1-2H3,(H,21,27)/b20-10-. The Kier molecular flexibility index (Phi) is 5.36. The summed E-state index contributed by atoms with van der Waals surface area (Å²) < 4.78 is 1.14. The van der Waals surface area contributed by atoms with Crippen LogP contribution in [0.4, 0.5) is 5.69 Å². The molecule has 1 aromatic heterocycles. The second-order valence-corrected chi connectivity index (χ2v) is 6.37. The van der Waals surface area contributed by atoms with Gasteiger partial charge in [0, 0.05) is 23.9 Å². The third-order valence-corrected chi connectivity index (χ3v) is 4.28. The first-order valence-electron chi connectivity index (χ1n) is 8.62. The number of hydrogen-bond acceptors (Lipinski definition) is 7. The minimum atomic E-state index is -0.737. The van der Waals surface area contributed by atoms with Crippen LogP contribution >= 0.6 is 0 Å². The number of aromatic amines is 1. The number of H-pyrrole nitrogens is 1. The maximum Gasteiger partial charge on any atom is 0.280 e. The molecule has 3 aromatic rings. The van der Waals surface area contributed by atoms with Crippen LogP contribution in [0.5, 0.6) is 11.5 Å². The van der Waals surface area contributed by atoms with E-state index in [-0.39, 0.29) is 34.0 Å². The molecule has 3 rings (SSSR count). The fourth-order valence-corrected chi connectivity index (χ4v) is 2.86. The number of aromatic hydroxyl groups is 2. The van der Waals surface area contributed by atoms with Gasteiger partial charge in [-0.25, -0.2) is 10.1 Å². The molecule has 0 radical (unpaired) electrons. The van der Waals surface area contributed by atoms with Crippen molar-refractivity contribution in [3.63, 3.8) is 0 Å². The minimum Gasteiger partial charge on any atom is -0.508 e. The van der Waals surface area contributed by atoms with E-state index in [4.69, 9.17) is 0 Å². The largest absolute Gasteiger partial charge is 0.508 e. The van der Waals surface area contributed by atoms with Crippen molar-refractivity contribution in [3.8, 4) is 17.2 Å². The van der Waals surface area contributed by atoms with E-state index in [0.717, 1.165) is 10.7 Å². The third-order valence-electron chi connectivity index (χ3n) is 4.28. The number of hydrogen-bond donors (Lipinski definition) is 4. The predicted molar refractivity (Wildman–Crippen MR) is 107 cm³/mol. The number of phenols is 2. The van der Waals surface area contributed by atoms with Gasteiger partial charge in [-0.3, -0.25) is 24.8 Å². The summed E-state index contributed by atoms with van der Waals surface area (Å²) in [7, 11) is 0. The van der Waals surface area contributed by atoms with Gasteiger partial charge in [0.1, 0.15) is 11.5 Å². The van der Waals surface area contributed by atoms with Gasteiger partial charge in [-0.15, -0.1) is 0 Å². The molecule has 0 saturated heterocycles. The van der Waals surface area contributed by atoms with Gasteiger partial charge in [-0.2, -0.15) is 5.10 Å². The van der Waals surface area contributed by atoms with Crippen LogP contribution in [0.15, 0.2) is 52.4 Å². The number of aryl methyl sites for hydroxylation is 1. The zero-order valence-corrected chi connectivity index (χ0v) is 15.9. The average molecular weight is 411 g/mol. The molecule has 30 heavy (non-hydrogen) atoms. The van der Waals surface area contributed by atoms with Crippen LogP contribution in [-0.2, 0) is 0 Å². The van der Waals surface area contributed by atoms with E-state index < -0.39 is 22.1 Å². The molecule has 1 amide bonds. The highest BCUT2D eigenvalue weighted by molar-refractivity contribution is 6.02. The molecule has 0 saturated carbocycles. The summed E-state index contributed by atoms with van der Waals surface area (Å²) in [6, 6.07) is 9.03. The number of nitrogens with one attached hydrogen (secondary N) is 2. The Balaban J connectivity index is 1.91. The fraction of sp³-hybridized carbons (Fsp3) is 0.105. The van der Waals surface area contributed by atoms with Gasteiger partial charge in [-0.1, -0.05) is 6.07 Å². The third kappa shape index (κ3) is 3.90. The molecule has 0 aliphatic carbocycles. The fourth-order valence-electron chi connectivity index (χ4n) is 2.86. The molecule has 0 spiro atoms. The van der Waals surface area contributed by atoms with Gasteiger partial charge in [0.05, 0.1) is 27.4 Å². The SMILES string of the molecule is C/C(=N/NC(=O)c1ccc(O)cc1O)c1c(C)[nH]n(-c2cccc([N+](=O)[O-])c2)c1=O. The number of hydrazone groups is 1. The van der Waals surface area contributed by atoms with Crippen molar-refractivity contribution in [2.24, 2.45) is 5.10 Å². The van der Waals surface area contributed by atoms with Crippen LogP contribution in [-0.4, -0.2) is 36.5 Å². The Bertz CT molecular complexity index is 1240. The summed E-state index contributed by atoms with van der Waals surface area (Å²) in [5, 5.41) is 36.8. The lowest BCUT2D eigenvalue weighted by Gasteiger charge is -2.04. The van der Waals surface area contributed by atoms with Crippen LogP contribution in [0.2, 0.25) is 0 Å². The van der Waals surface area contributed by atoms with E-state index >= 15 is 0 Å². The quantitative estimate of drug-likeness (QED) is 0.285. The van der Waals surface area contributed by atoms with E-state index in [1.54, 1.807) is 6.92 Å². The van der Waals surface area contributed by atoms with Crippen LogP contribution in [0, 0.1) is 17.0 Å². The van der Waals surface area contributed by atoms with Crippen molar-refractivity contribution < 1.29 is 19.9 Å². The average Bonchev–Trinajstić information content (AvgIpc) is 3.00. The molecule has 11 nitrogen and oxygen atoms in total. The number of aromatic nitrogens is 2. The Morgan fingerprint density at radius 2 is 1.97 bits per heavy atom. The summed E-state index contributed by atoms with van der Waals surface area (Å²) in [4.78, 5) is 35.4. The molecule has 11 heteroatoms. The number of non-ortho nitro benzene ring substituents is 1. The number of nitro groups is 1. The molecule has 0 aliphatic rings. The van der Waals surface area contributed by atoms with Crippen LogP contribution in [0.1, 0.15) is 28.5 Å². The van der Waals surface area contributed by atoms with Crippen LogP contribution in [0.25, 0.3) is 5.69 Å². The first-order valence-corrected chi connectivity index (χ1v) is 8.62. The Hall–Kier alpha value is -4.41. The Morgan fingerprint density at radius 1 is 1.23 bits per heavy atom.